The molecule has 1 heterocycles. The van der Waals surface area contributed by atoms with Crippen LogP contribution in [-0.4, -0.2) is 43.5 Å². The van der Waals surface area contributed by atoms with E-state index in [2.05, 4.69) is 30.1 Å². The molecule has 1 fully saturated rings. The predicted molar refractivity (Wildman–Crippen MR) is 120 cm³/mol. The summed E-state index contributed by atoms with van der Waals surface area (Å²) in [5, 5.41) is 8.82. The van der Waals surface area contributed by atoms with Gasteiger partial charge in [-0.3, -0.25) is 4.79 Å². The van der Waals surface area contributed by atoms with Gasteiger partial charge < -0.3 is 15.5 Å². The van der Waals surface area contributed by atoms with E-state index in [0.717, 1.165) is 29.7 Å². The van der Waals surface area contributed by atoms with Crippen LogP contribution < -0.4 is 10.6 Å². The van der Waals surface area contributed by atoms with Gasteiger partial charge in [0.05, 0.1) is 5.75 Å². The fraction of sp³-hybridized carbons (Fsp3) is 0.591. The Morgan fingerprint density at radius 3 is 2.50 bits per heavy atom. The van der Waals surface area contributed by atoms with E-state index in [1.54, 1.807) is 0 Å². The summed E-state index contributed by atoms with van der Waals surface area (Å²) in [6, 6.07) is 6.59. The van der Waals surface area contributed by atoms with E-state index in [1.165, 1.54) is 35.7 Å². The zero-order valence-electron chi connectivity index (χ0n) is 18.4. The van der Waals surface area contributed by atoms with Gasteiger partial charge in [-0.15, -0.1) is 10.2 Å². The van der Waals surface area contributed by atoms with Gasteiger partial charge in [-0.2, -0.15) is 0 Å². The molecule has 0 bridgehead atoms. The number of amides is 1. The lowest BCUT2D eigenvalue weighted by atomic mass is 9.93. The molecule has 164 valence electrons. The van der Waals surface area contributed by atoms with E-state index in [9.17, 15) is 4.79 Å². The highest BCUT2D eigenvalue weighted by atomic mass is 32.2. The molecule has 2 N–H and O–H groups in total. The van der Waals surface area contributed by atoms with Crippen LogP contribution in [0.25, 0.3) is 0 Å². The molecule has 1 aliphatic carbocycles. The van der Waals surface area contributed by atoms with Crippen LogP contribution >= 0.6 is 11.8 Å². The summed E-state index contributed by atoms with van der Waals surface area (Å²) in [5.41, 5.74) is 2.28. The second-order valence-corrected chi connectivity index (χ2v) is 9.30. The summed E-state index contributed by atoms with van der Waals surface area (Å²) in [4.78, 5) is 15.0. The Morgan fingerprint density at radius 1 is 1.20 bits per heavy atom. The second kappa shape index (κ2) is 10.2. The highest BCUT2D eigenvalue weighted by Gasteiger charge is 2.27. The first kappa shape index (κ1) is 22.5. The number of hydrogen-bond donors (Lipinski definition) is 1. The molecular weight excluding hydrogens is 398 g/mol. The maximum atomic E-state index is 12.9. The molecular formula is C22H33N5O2S. The highest BCUT2D eigenvalue weighted by Crippen LogP contribution is 2.26. The molecule has 2 aromatic rings. The van der Waals surface area contributed by atoms with Crippen molar-refractivity contribution in [2.45, 2.75) is 83.6 Å². The number of carbonyl (C=O) groups is 1. The normalized spacial score (nSPS) is 14.8. The fourth-order valence-electron chi connectivity index (χ4n) is 4.14. The Labute approximate surface area is 183 Å². The van der Waals surface area contributed by atoms with Crippen molar-refractivity contribution in [2.24, 2.45) is 0 Å². The minimum absolute atomic E-state index is 0.137. The van der Waals surface area contributed by atoms with E-state index in [1.807, 2.05) is 30.9 Å². The Hall–Kier alpha value is -2.22. The highest BCUT2D eigenvalue weighted by molar-refractivity contribution is 7.99. The maximum Gasteiger partial charge on any atom is 0.233 e. The zero-order chi connectivity index (χ0) is 21.7. The third kappa shape index (κ3) is 5.68. The number of rotatable bonds is 8. The monoisotopic (exact) mass is 431 g/mol. The van der Waals surface area contributed by atoms with Crippen molar-refractivity contribution in [1.82, 2.24) is 19.8 Å². The van der Waals surface area contributed by atoms with Crippen molar-refractivity contribution in [3.05, 3.63) is 35.2 Å². The van der Waals surface area contributed by atoms with Crippen molar-refractivity contribution < 1.29 is 9.53 Å². The number of thioether (sulfide) groups is 1. The first-order chi connectivity index (χ1) is 14.3. The zero-order valence-corrected chi connectivity index (χ0v) is 19.2. The number of aromatic nitrogens is 3. The molecule has 1 amide bonds. The first-order valence-electron chi connectivity index (χ1n) is 10.7. The van der Waals surface area contributed by atoms with Crippen LogP contribution in [0.15, 0.2) is 23.4 Å². The van der Waals surface area contributed by atoms with Crippen LogP contribution in [0.4, 0.5) is 0 Å². The van der Waals surface area contributed by atoms with Gasteiger partial charge >= 0.3 is 0 Å². The van der Waals surface area contributed by atoms with Crippen LogP contribution in [0.3, 0.4) is 0 Å². The second-order valence-electron chi connectivity index (χ2n) is 8.36. The first-order valence-corrected chi connectivity index (χ1v) is 11.7. The average Bonchev–Trinajstić information content (AvgIpc) is 3.04. The van der Waals surface area contributed by atoms with Crippen molar-refractivity contribution in [2.75, 3.05) is 11.6 Å². The molecule has 0 aliphatic heterocycles. The molecule has 0 atom stereocenters. The van der Waals surface area contributed by atoms with E-state index in [4.69, 9.17) is 10.6 Å². The molecule has 3 rings (SSSR count). The van der Waals surface area contributed by atoms with Gasteiger partial charge in [-0.25, -0.2) is 4.68 Å². The smallest absolute Gasteiger partial charge is 0.233 e. The molecule has 1 aromatic carbocycles. The molecule has 0 spiro atoms. The van der Waals surface area contributed by atoms with Gasteiger partial charge in [0.2, 0.25) is 11.1 Å². The standard InChI is InChI=1S/C22H33N5O2S/c1-15(2)26(18-8-6-5-7-9-18)21(28)14-30-22-25-24-20(27(22)23)13-29-19-11-16(3)10-17(4)12-19/h10-12,15,18H,5-9,13-14,23H2,1-4H3. The lowest BCUT2D eigenvalue weighted by Crippen LogP contribution is -2.46. The fourth-order valence-corrected chi connectivity index (χ4v) is 4.89. The number of nitrogens with zero attached hydrogens (tertiary/aromatic N) is 4. The molecule has 0 unspecified atom stereocenters. The van der Waals surface area contributed by atoms with Crippen molar-refractivity contribution in [1.29, 1.82) is 0 Å². The van der Waals surface area contributed by atoms with Crippen molar-refractivity contribution in [3.8, 4) is 5.75 Å². The van der Waals surface area contributed by atoms with E-state index in [0.29, 0.717) is 22.8 Å². The summed E-state index contributed by atoms with van der Waals surface area (Å²) in [6.45, 7) is 8.47. The molecule has 0 radical (unpaired) electrons. The van der Waals surface area contributed by atoms with Crippen LogP contribution in [0.1, 0.15) is 62.9 Å². The van der Waals surface area contributed by atoms with Gasteiger partial charge in [-0.1, -0.05) is 37.1 Å². The number of nitrogens with two attached hydrogens (primary N) is 1. The Bertz CT molecular complexity index is 841. The minimum atomic E-state index is 0.137. The van der Waals surface area contributed by atoms with Gasteiger partial charge in [-0.05, 0) is 63.8 Å². The minimum Gasteiger partial charge on any atom is -0.486 e. The van der Waals surface area contributed by atoms with Crippen LogP contribution in [0.5, 0.6) is 5.75 Å². The number of benzene rings is 1. The summed E-state index contributed by atoms with van der Waals surface area (Å²) in [6.07, 6.45) is 5.88. The maximum absolute atomic E-state index is 12.9. The lowest BCUT2D eigenvalue weighted by molar-refractivity contribution is -0.133. The lowest BCUT2D eigenvalue weighted by Gasteiger charge is -2.37. The van der Waals surface area contributed by atoms with Gasteiger partial charge in [0.1, 0.15) is 12.4 Å². The van der Waals surface area contributed by atoms with Gasteiger partial charge in [0.25, 0.3) is 0 Å². The number of nitrogen functional groups attached to an aromatic ring is 1. The van der Waals surface area contributed by atoms with Crippen LogP contribution in [0, 0.1) is 13.8 Å². The van der Waals surface area contributed by atoms with Gasteiger partial charge in [0, 0.05) is 12.1 Å². The molecule has 1 aliphatic rings. The summed E-state index contributed by atoms with van der Waals surface area (Å²) < 4.78 is 7.25. The quantitative estimate of drug-likeness (QED) is 0.505. The number of hydrogen-bond acceptors (Lipinski definition) is 6. The van der Waals surface area contributed by atoms with Gasteiger partial charge in [0.15, 0.2) is 5.82 Å². The molecule has 8 heteroatoms. The van der Waals surface area contributed by atoms with E-state index in [-0.39, 0.29) is 18.6 Å². The Balaban J connectivity index is 1.58. The number of ether oxygens (including phenoxy) is 1. The third-order valence-electron chi connectivity index (χ3n) is 5.44. The molecule has 1 saturated carbocycles. The summed E-state index contributed by atoms with van der Waals surface area (Å²) in [5.74, 6) is 7.91. The average molecular weight is 432 g/mol. The SMILES string of the molecule is Cc1cc(C)cc(OCc2nnc(SCC(=O)N(C(C)C)C3CCCCC3)n2N)c1. The van der Waals surface area contributed by atoms with Crippen molar-refractivity contribution in [3.63, 3.8) is 0 Å². The topological polar surface area (TPSA) is 86.3 Å². The summed E-state index contributed by atoms with van der Waals surface area (Å²) in [7, 11) is 0. The molecule has 30 heavy (non-hydrogen) atoms. The van der Waals surface area contributed by atoms with Crippen LogP contribution in [-0.2, 0) is 11.4 Å². The molecule has 7 nitrogen and oxygen atoms in total. The van der Waals surface area contributed by atoms with Crippen LogP contribution in [0.2, 0.25) is 0 Å². The number of carbonyl (C=O) groups excluding carboxylic acids is 1. The third-order valence-corrected chi connectivity index (χ3v) is 6.36. The number of aryl methyl sites for hydroxylation is 2. The molecule has 1 aromatic heterocycles. The predicted octanol–water partition coefficient (Wildman–Crippen LogP) is 3.85. The molecule has 0 saturated heterocycles. The summed E-state index contributed by atoms with van der Waals surface area (Å²) >= 11 is 1.33. The van der Waals surface area contributed by atoms with E-state index >= 15 is 0 Å². The Kier molecular flexibility index (Phi) is 7.64. The van der Waals surface area contributed by atoms with Crippen molar-refractivity contribution >= 4 is 17.7 Å². The van der Waals surface area contributed by atoms with E-state index < -0.39 is 0 Å². The largest absolute Gasteiger partial charge is 0.486 e. The Morgan fingerprint density at radius 2 is 1.87 bits per heavy atom.